The smallest absolute Gasteiger partial charge is 0.259 e. The summed E-state index contributed by atoms with van der Waals surface area (Å²) in [5.41, 5.74) is 1.39. The molecule has 7 heteroatoms. The Kier molecular flexibility index (Phi) is 4.15. The van der Waals surface area contributed by atoms with Gasteiger partial charge >= 0.3 is 0 Å². The summed E-state index contributed by atoms with van der Waals surface area (Å²) in [5.74, 6) is 1.27. The van der Waals surface area contributed by atoms with E-state index in [0.29, 0.717) is 29.4 Å². The molecule has 0 amide bonds. The van der Waals surface area contributed by atoms with Crippen molar-refractivity contribution < 1.29 is 14.0 Å². The maximum Gasteiger partial charge on any atom is 0.259 e. The van der Waals surface area contributed by atoms with E-state index in [2.05, 4.69) is 20.0 Å². The number of pyridine rings is 1. The minimum atomic E-state index is -0.310. The Morgan fingerprint density at radius 3 is 2.64 bits per heavy atom. The first-order chi connectivity index (χ1) is 12.2. The molecule has 0 spiro atoms. The van der Waals surface area contributed by atoms with E-state index < -0.39 is 0 Å². The van der Waals surface area contributed by atoms with Gasteiger partial charge in [-0.3, -0.25) is 0 Å². The number of halogens is 1. The second-order valence-electron chi connectivity index (χ2n) is 6.08. The predicted octanol–water partition coefficient (Wildman–Crippen LogP) is 2.90. The molecule has 0 bridgehead atoms. The van der Waals surface area contributed by atoms with Crippen molar-refractivity contribution in [1.82, 2.24) is 15.1 Å². The fourth-order valence-electron chi connectivity index (χ4n) is 2.92. The van der Waals surface area contributed by atoms with Crippen LogP contribution in [-0.4, -0.2) is 39.4 Å². The van der Waals surface area contributed by atoms with Crippen molar-refractivity contribution in [1.29, 1.82) is 0 Å². The minimum absolute atomic E-state index is 0.301. The molecular formula is C18H17FN4O2. The van der Waals surface area contributed by atoms with Crippen LogP contribution in [0.4, 0.5) is 10.2 Å². The van der Waals surface area contributed by atoms with Crippen molar-refractivity contribution in [3.05, 3.63) is 48.4 Å². The van der Waals surface area contributed by atoms with Gasteiger partial charge in [0.15, 0.2) is 0 Å². The summed E-state index contributed by atoms with van der Waals surface area (Å²) in [6, 6.07) is 9.67. The molecule has 4 rings (SSSR count). The quantitative estimate of drug-likeness (QED) is 0.790. The Morgan fingerprint density at radius 1 is 1.12 bits per heavy atom. The van der Waals surface area contributed by atoms with E-state index in [1.807, 2.05) is 12.1 Å². The molecule has 1 fully saturated rings. The minimum Gasteiger partial charge on any atom is -0.391 e. The normalized spacial score (nSPS) is 17.7. The fraction of sp³-hybridized carbons (Fsp3) is 0.278. The highest BCUT2D eigenvalue weighted by molar-refractivity contribution is 5.60. The summed E-state index contributed by atoms with van der Waals surface area (Å²) in [6.07, 6.45) is 3.17. The number of aromatic nitrogens is 3. The molecule has 25 heavy (non-hydrogen) atoms. The lowest BCUT2D eigenvalue weighted by Gasteiger charge is -2.30. The highest BCUT2D eigenvalue weighted by Crippen LogP contribution is 2.24. The van der Waals surface area contributed by atoms with Gasteiger partial charge in [-0.15, -0.1) is 0 Å². The number of piperidine rings is 1. The third-order valence-electron chi connectivity index (χ3n) is 4.24. The molecule has 1 saturated heterocycles. The number of hydrogen-bond donors (Lipinski definition) is 1. The summed E-state index contributed by atoms with van der Waals surface area (Å²) in [4.78, 5) is 10.9. The molecule has 2 aromatic heterocycles. The molecule has 1 aliphatic rings. The maximum atomic E-state index is 13.0. The third-order valence-corrected chi connectivity index (χ3v) is 4.24. The average Bonchev–Trinajstić information content (AvgIpc) is 3.13. The Labute approximate surface area is 143 Å². The van der Waals surface area contributed by atoms with Gasteiger partial charge in [-0.25, -0.2) is 9.37 Å². The van der Waals surface area contributed by atoms with Crippen molar-refractivity contribution in [2.24, 2.45) is 0 Å². The third kappa shape index (κ3) is 3.36. The van der Waals surface area contributed by atoms with Gasteiger partial charge in [0.05, 0.1) is 11.7 Å². The first kappa shape index (κ1) is 15.7. The van der Waals surface area contributed by atoms with Crippen LogP contribution >= 0.6 is 0 Å². The SMILES string of the molecule is OC1CCCN(c2ccc(-c3nc(-c4ccc(F)cc4)no3)cn2)C1. The zero-order valence-corrected chi connectivity index (χ0v) is 13.5. The zero-order valence-electron chi connectivity index (χ0n) is 13.5. The molecule has 0 aliphatic carbocycles. The summed E-state index contributed by atoms with van der Waals surface area (Å²) in [5, 5.41) is 13.7. The molecule has 1 aliphatic heterocycles. The molecule has 1 unspecified atom stereocenters. The van der Waals surface area contributed by atoms with Gasteiger partial charge in [0.25, 0.3) is 5.89 Å². The predicted molar refractivity (Wildman–Crippen MR) is 90.4 cm³/mol. The number of rotatable bonds is 3. The molecule has 1 atom stereocenters. The molecule has 3 aromatic rings. The lowest BCUT2D eigenvalue weighted by Crippen LogP contribution is -2.38. The zero-order chi connectivity index (χ0) is 17.2. The van der Waals surface area contributed by atoms with E-state index in [1.165, 1.54) is 12.1 Å². The van der Waals surface area contributed by atoms with E-state index in [-0.39, 0.29) is 11.9 Å². The highest BCUT2D eigenvalue weighted by Gasteiger charge is 2.19. The van der Waals surface area contributed by atoms with Crippen LogP contribution < -0.4 is 4.90 Å². The molecule has 1 N–H and O–H groups in total. The summed E-state index contributed by atoms with van der Waals surface area (Å²) >= 11 is 0. The number of anilines is 1. The molecule has 6 nitrogen and oxygen atoms in total. The van der Waals surface area contributed by atoms with Gasteiger partial charge in [0.2, 0.25) is 5.82 Å². The number of β-amino-alcohol motifs (C(OH)–C–C–N with tert-alkyl or cyclic N) is 1. The van der Waals surface area contributed by atoms with Crippen molar-refractivity contribution in [2.45, 2.75) is 18.9 Å². The van der Waals surface area contributed by atoms with Crippen molar-refractivity contribution in [3.8, 4) is 22.8 Å². The molecule has 0 radical (unpaired) electrons. The molecular weight excluding hydrogens is 323 g/mol. The van der Waals surface area contributed by atoms with Crippen LogP contribution in [0.15, 0.2) is 47.1 Å². The molecule has 128 valence electrons. The van der Waals surface area contributed by atoms with Crippen molar-refractivity contribution >= 4 is 5.82 Å². The largest absolute Gasteiger partial charge is 0.391 e. The van der Waals surface area contributed by atoms with E-state index >= 15 is 0 Å². The van der Waals surface area contributed by atoms with E-state index in [0.717, 1.165) is 25.2 Å². The van der Waals surface area contributed by atoms with Gasteiger partial charge in [0, 0.05) is 24.8 Å². The number of aliphatic hydroxyl groups is 1. The number of nitrogens with zero attached hydrogens (tertiary/aromatic N) is 4. The Hall–Kier alpha value is -2.80. The first-order valence-electron chi connectivity index (χ1n) is 8.18. The van der Waals surface area contributed by atoms with Gasteiger partial charge in [-0.05, 0) is 49.2 Å². The van der Waals surface area contributed by atoms with E-state index in [9.17, 15) is 9.50 Å². The maximum absolute atomic E-state index is 13.0. The van der Waals surface area contributed by atoms with Gasteiger partial charge < -0.3 is 14.5 Å². The van der Waals surface area contributed by atoms with Crippen LogP contribution in [0.3, 0.4) is 0 Å². The van der Waals surface area contributed by atoms with Crippen LogP contribution in [0.5, 0.6) is 0 Å². The standard InChI is InChI=1S/C18H17FN4O2/c19-14-6-3-12(4-7-14)17-21-18(25-22-17)13-5-8-16(20-10-13)23-9-1-2-15(24)11-23/h3-8,10,15,24H,1-2,9,11H2. The monoisotopic (exact) mass is 340 g/mol. The van der Waals surface area contributed by atoms with Gasteiger partial charge in [0.1, 0.15) is 11.6 Å². The summed E-state index contributed by atoms with van der Waals surface area (Å²) < 4.78 is 18.3. The second-order valence-corrected chi connectivity index (χ2v) is 6.08. The lowest BCUT2D eigenvalue weighted by molar-refractivity contribution is 0.154. The summed E-state index contributed by atoms with van der Waals surface area (Å²) in [6.45, 7) is 1.49. The van der Waals surface area contributed by atoms with Gasteiger partial charge in [-0.1, -0.05) is 5.16 Å². The van der Waals surface area contributed by atoms with Crippen molar-refractivity contribution in [2.75, 3.05) is 18.0 Å². The van der Waals surface area contributed by atoms with Crippen LogP contribution in [0.25, 0.3) is 22.8 Å². The Balaban J connectivity index is 1.53. The summed E-state index contributed by atoms with van der Waals surface area (Å²) in [7, 11) is 0. The Morgan fingerprint density at radius 2 is 1.92 bits per heavy atom. The molecule has 3 heterocycles. The lowest BCUT2D eigenvalue weighted by atomic mass is 10.1. The average molecular weight is 340 g/mol. The second kappa shape index (κ2) is 6.60. The molecule has 1 aromatic carbocycles. The van der Waals surface area contributed by atoms with Crippen molar-refractivity contribution in [3.63, 3.8) is 0 Å². The van der Waals surface area contributed by atoms with Crippen LogP contribution in [0.1, 0.15) is 12.8 Å². The fourth-order valence-corrected chi connectivity index (χ4v) is 2.92. The van der Waals surface area contributed by atoms with E-state index in [4.69, 9.17) is 4.52 Å². The van der Waals surface area contributed by atoms with Gasteiger partial charge in [-0.2, -0.15) is 4.98 Å². The topological polar surface area (TPSA) is 75.3 Å². The first-order valence-corrected chi connectivity index (χ1v) is 8.18. The van der Waals surface area contributed by atoms with Crippen LogP contribution in [0.2, 0.25) is 0 Å². The van der Waals surface area contributed by atoms with Crippen LogP contribution in [-0.2, 0) is 0 Å². The van der Waals surface area contributed by atoms with Crippen LogP contribution in [0, 0.1) is 5.82 Å². The number of benzene rings is 1. The van der Waals surface area contributed by atoms with E-state index in [1.54, 1.807) is 18.3 Å². The highest BCUT2D eigenvalue weighted by atomic mass is 19.1. The number of hydrogen-bond acceptors (Lipinski definition) is 6. The molecule has 0 saturated carbocycles. The number of aliphatic hydroxyl groups excluding tert-OH is 1. The Bertz CT molecular complexity index is 848.